The molecule has 1 amide bonds. The van der Waals surface area contributed by atoms with Crippen LogP contribution in [-0.4, -0.2) is 31.6 Å². The highest BCUT2D eigenvalue weighted by Crippen LogP contribution is 2.36. The Morgan fingerprint density at radius 1 is 0.879 bits per heavy atom. The Balaban J connectivity index is 1.62. The molecule has 1 atom stereocenters. The van der Waals surface area contributed by atoms with E-state index in [2.05, 4.69) is 0 Å². The fourth-order valence-electron chi connectivity index (χ4n) is 3.79. The van der Waals surface area contributed by atoms with Gasteiger partial charge in [0.2, 0.25) is 0 Å². The average molecular weight is 457 g/mol. The van der Waals surface area contributed by atoms with Crippen molar-refractivity contribution in [1.29, 1.82) is 0 Å². The summed E-state index contributed by atoms with van der Waals surface area (Å²) in [6.45, 7) is 0.305. The molecule has 0 saturated heterocycles. The van der Waals surface area contributed by atoms with Gasteiger partial charge in [0.1, 0.15) is 23.9 Å². The average Bonchev–Trinajstić information content (AvgIpc) is 3.15. The lowest BCUT2D eigenvalue weighted by Gasteiger charge is -2.28. The van der Waals surface area contributed by atoms with E-state index in [0.717, 1.165) is 17.7 Å². The van der Waals surface area contributed by atoms with Gasteiger partial charge in [0, 0.05) is 12.1 Å². The minimum Gasteiger partial charge on any atom is -0.497 e. The number of carbonyl (C=O) groups excluding carboxylic acids is 1. The SMILES string of the molecule is COc1ccc(OCC(c2ccc(OC)cc2)N2Cc3ccc(C(F)(F)F)cc3C2=O)cc1. The van der Waals surface area contributed by atoms with E-state index in [0.29, 0.717) is 22.8 Å². The number of ether oxygens (including phenoxy) is 3. The molecule has 8 heteroatoms. The minimum atomic E-state index is -4.52. The molecule has 0 aliphatic carbocycles. The predicted molar refractivity (Wildman–Crippen MR) is 116 cm³/mol. The summed E-state index contributed by atoms with van der Waals surface area (Å²) in [5.74, 6) is 1.45. The summed E-state index contributed by atoms with van der Waals surface area (Å²) < 4.78 is 55.8. The molecular formula is C25H22F3NO4. The first-order valence-electron chi connectivity index (χ1n) is 10.2. The van der Waals surface area contributed by atoms with Crippen molar-refractivity contribution in [3.05, 3.63) is 89.0 Å². The van der Waals surface area contributed by atoms with Crippen molar-refractivity contribution < 1.29 is 32.2 Å². The number of carbonyl (C=O) groups is 1. The molecule has 4 rings (SSSR count). The zero-order valence-electron chi connectivity index (χ0n) is 18.1. The van der Waals surface area contributed by atoms with E-state index in [-0.39, 0.29) is 18.7 Å². The zero-order valence-corrected chi connectivity index (χ0v) is 18.1. The number of fused-ring (bicyclic) bond motifs is 1. The molecule has 3 aromatic carbocycles. The van der Waals surface area contributed by atoms with Crippen LogP contribution in [0, 0.1) is 0 Å². The monoisotopic (exact) mass is 457 g/mol. The van der Waals surface area contributed by atoms with Gasteiger partial charge in [0.15, 0.2) is 0 Å². The van der Waals surface area contributed by atoms with Crippen LogP contribution in [0.3, 0.4) is 0 Å². The lowest BCUT2D eigenvalue weighted by molar-refractivity contribution is -0.137. The third kappa shape index (κ3) is 4.74. The molecule has 0 radical (unpaired) electrons. The Kier molecular flexibility index (Phi) is 6.18. The van der Waals surface area contributed by atoms with Crippen LogP contribution in [0.4, 0.5) is 13.2 Å². The number of amides is 1. The maximum absolute atomic E-state index is 13.2. The third-order valence-corrected chi connectivity index (χ3v) is 5.61. The molecule has 3 aromatic rings. The Bertz CT molecular complexity index is 1130. The van der Waals surface area contributed by atoms with Crippen LogP contribution < -0.4 is 14.2 Å². The van der Waals surface area contributed by atoms with Crippen LogP contribution in [0.25, 0.3) is 0 Å². The predicted octanol–water partition coefficient (Wildman–Crippen LogP) is 5.50. The van der Waals surface area contributed by atoms with Crippen molar-refractivity contribution in [1.82, 2.24) is 4.90 Å². The first-order valence-corrected chi connectivity index (χ1v) is 10.2. The number of alkyl halides is 3. The second kappa shape index (κ2) is 9.05. The summed E-state index contributed by atoms with van der Waals surface area (Å²) in [6.07, 6.45) is -4.52. The van der Waals surface area contributed by atoms with Crippen LogP contribution in [0.2, 0.25) is 0 Å². The van der Waals surface area contributed by atoms with Gasteiger partial charge in [0.05, 0.1) is 25.8 Å². The number of methoxy groups -OCH3 is 2. The van der Waals surface area contributed by atoms with Gasteiger partial charge in [-0.2, -0.15) is 13.2 Å². The van der Waals surface area contributed by atoms with Crippen LogP contribution in [0.1, 0.15) is 33.1 Å². The second-order valence-electron chi connectivity index (χ2n) is 7.58. The Labute approximate surface area is 189 Å². The maximum atomic E-state index is 13.2. The molecule has 0 N–H and O–H groups in total. The van der Waals surface area contributed by atoms with Crippen LogP contribution in [0.5, 0.6) is 17.2 Å². The normalized spacial score (nSPS) is 14.1. The highest BCUT2D eigenvalue weighted by molar-refractivity contribution is 5.98. The first-order chi connectivity index (χ1) is 15.8. The minimum absolute atomic E-state index is 0.0628. The molecular weight excluding hydrogens is 435 g/mol. The van der Waals surface area contributed by atoms with E-state index in [4.69, 9.17) is 14.2 Å². The zero-order chi connectivity index (χ0) is 23.6. The van der Waals surface area contributed by atoms with Crippen LogP contribution in [0.15, 0.2) is 66.7 Å². The van der Waals surface area contributed by atoms with Crippen LogP contribution in [-0.2, 0) is 12.7 Å². The highest BCUT2D eigenvalue weighted by Gasteiger charge is 2.37. The van der Waals surface area contributed by atoms with Crippen molar-refractivity contribution in [3.63, 3.8) is 0 Å². The topological polar surface area (TPSA) is 48.0 Å². The van der Waals surface area contributed by atoms with E-state index in [9.17, 15) is 18.0 Å². The van der Waals surface area contributed by atoms with Gasteiger partial charge < -0.3 is 19.1 Å². The fourth-order valence-corrected chi connectivity index (χ4v) is 3.79. The Morgan fingerprint density at radius 2 is 1.45 bits per heavy atom. The number of halogens is 3. The van der Waals surface area contributed by atoms with Crippen molar-refractivity contribution in [2.75, 3.05) is 20.8 Å². The van der Waals surface area contributed by atoms with E-state index in [1.807, 2.05) is 12.1 Å². The molecule has 0 fully saturated rings. The lowest BCUT2D eigenvalue weighted by atomic mass is 10.1. The quantitative estimate of drug-likeness (QED) is 0.470. The van der Waals surface area contributed by atoms with Crippen molar-refractivity contribution in [3.8, 4) is 17.2 Å². The summed E-state index contributed by atoms with van der Waals surface area (Å²) in [5, 5.41) is 0. The number of hydrogen-bond donors (Lipinski definition) is 0. The van der Waals surface area contributed by atoms with Crippen molar-refractivity contribution in [2.24, 2.45) is 0 Å². The molecule has 0 aromatic heterocycles. The van der Waals surface area contributed by atoms with Gasteiger partial charge in [0.25, 0.3) is 5.91 Å². The van der Waals surface area contributed by atoms with E-state index in [1.165, 1.54) is 11.0 Å². The fraction of sp³-hybridized carbons (Fsp3) is 0.240. The van der Waals surface area contributed by atoms with E-state index in [1.54, 1.807) is 50.6 Å². The second-order valence-corrected chi connectivity index (χ2v) is 7.58. The summed E-state index contributed by atoms with van der Waals surface area (Å²) in [7, 11) is 3.12. The first kappa shape index (κ1) is 22.5. The number of rotatable bonds is 7. The van der Waals surface area contributed by atoms with E-state index >= 15 is 0 Å². The van der Waals surface area contributed by atoms with Crippen molar-refractivity contribution in [2.45, 2.75) is 18.8 Å². The van der Waals surface area contributed by atoms with Gasteiger partial charge in [-0.25, -0.2) is 0 Å². The lowest BCUT2D eigenvalue weighted by Crippen LogP contribution is -2.33. The molecule has 0 bridgehead atoms. The van der Waals surface area contributed by atoms with Gasteiger partial charge in [-0.05, 0) is 59.7 Å². The standard InChI is InChI=1S/C25H22F3NO4/c1-31-19-7-4-16(5-8-19)23(15-33-21-11-9-20(32-2)10-12-21)29-14-17-3-6-18(25(26,27)28)13-22(17)24(29)30/h3-13,23H,14-15H2,1-2H3. The summed E-state index contributed by atoms with van der Waals surface area (Å²) >= 11 is 0. The van der Waals surface area contributed by atoms with Crippen LogP contribution >= 0.6 is 0 Å². The van der Waals surface area contributed by atoms with Gasteiger partial charge in [-0.15, -0.1) is 0 Å². The Hall–Kier alpha value is -3.68. The molecule has 1 unspecified atom stereocenters. The number of nitrogens with zero attached hydrogens (tertiary/aromatic N) is 1. The summed E-state index contributed by atoms with van der Waals surface area (Å²) in [5.41, 5.74) is 0.553. The molecule has 172 valence electrons. The molecule has 1 aliphatic rings. The molecule has 33 heavy (non-hydrogen) atoms. The van der Waals surface area contributed by atoms with Gasteiger partial charge in [-0.1, -0.05) is 18.2 Å². The highest BCUT2D eigenvalue weighted by atomic mass is 19.4. The summed E-state index contributed by atoms with van der Waals surface area (Å²) in [4.78, 5) is 14.7. The Morgan fingerprint density at radius 3 is 2.03 bits per heavy atom. The largest absolute Gasteiger partial charge is 0.497 e. The van der Waals surface area contributed by atoms with E-state index < -0.39 is 23.7 Å². The van der Waals surface area contributed by atoms with Crippen molar-refractivity contribution >= 4 is 5.91 Å². The number of hydrogen-bond acceptors (Lipinski definition) is 4. The number of benzene rings is 3. The third-order valence-electron chi connectivity index (χ3n) is 5.61. The molecule has 1 aliphatic heterocycles. The molecule has 0 saturated carbocycles. The smallest absolute Gasteiger partial charge is 0.416 e. The summed E-state index contributed by atoms with van der Waals surface area (Å²) in [6, 6.07) is 17.0. The molecule has 0 spiro atoms. The molecule has 5 nitrogen and oxygen atoms in total. The molecule has 1 heterocycles. The maximum Gasteiger partial charge on any atom is 0.416 e. The van der Waals surface area contributed by atoms with Gasteiger partial charge in [-0.3, -0.25) is 4.79 Å². The van der Waals surface area contributed by atoms with Gasteiger partial charge >= 0.3 is 6.18 Å².